The summed E-state index contributed by atoms with van der Waals surface area (Å²) < 4.78 is 13.1. The van der Waals surface area contributed by atoms with Crippen LogP contribution in [-0.4, -0.2) is 17.0 Å². The predicted octanol–water partition coefficient (Wildman–Crippen LogP) is 1.81. The van der Waals surface area contributed by atoms with Gasteiger partial charge in [-0.1, -0.05) is 6.58 Å². The van der Waals surface area contributed by atoms with Gasteiger partial charge in [0.1, 0.15) is 0 Å². The summed E-state index contributed by atoms with van der Waals surface area (Å²) >= 11 is 0. The topological polar surface area (TPSA) is 29.0 Å². The molecule has 0 saturated heterocycles. The number of aromatic nitrogens is 2. The molecule has 0 unspecified atom stereocenters. The quantitative estimate of drug-likeness (QED) is 0.696. The van der Waals surface area contributed by atoms with E-state index in [0.29, 0.717) is 17.3 Å². The standard InChI is InChI=1S/C9H12FN3/c1-5-13(4)9-11-6(2)8(10)7(3)12-9/h5H,1H2,2-4H3. The summed E-state index contributed by atoms with van der Waals surface area (Å²) in [7, 11) is 1.76. The molecule has 0 fully saturated rings. The molecular weight excluding hydrogens is 169 g/mol. The highest BCUT2D eigenvalue weighted by atomic mass is 19.1. The zero-order valence-electron chi connectivity index (χ0n) is 8.00. The second-order valence-corrected chi connectivity index (χ2v) is 2.80. The van der Waals surface area contributed by atoms with Crippen molar-refractivity contribution < 1.29 is 4.39 Å². The van der Waals surface area contributed by atoms with Crippen LogP contribution in [0.5, 0.6) is 0 Å². The Kier molecular flexibility index (Phi) is 2.60. The minimum Gasteiger partial charge on any atom is -0.321 e. The van der Waals surface area contributed by atoms with Gasteiger partial charge in [0, 0.05) is 7.05 Å². The molecule has 70 valence electrons. The van der Waals surface area contributed by atoms with E-state index in [2.05, 4.69) is 16.5 Å². The van der Waals surface area contributed by atoms with Crippen LogP contribution < -0.4 is 4.90 Å². The maximum Gasteiger partial charge on any atom is 0.229 e. The lowest BCUT2D eigenvalue weighted by atomic mass is 10.3. The number of nitrogens with zero attached hydrogens (tertiary/aromatic N) is 3. The molecule has 0 atom stereocenters. The Balaban J connectivity index is 3.20. The third kappa shape index (κ3) is 1.83. The first-order valence-corrected chi connectivity index (χ1v) is 3.92. The maximum atomic E-state index is 13.1. The molecule has 13 heavy (non-hydrogen) atoms. The highest BCUT2D eigenvalue weighted by Gasteiger charge is 2.08. The van der Waals surface area contributed by atoms with Gasteiger partial charge in [0.25, 0.3) is 0 Å². The van der Waals surface area contributed by atoms with Crippen molar-refractivity contribution in [2.45, 2.75) is 13.8 Å². The summed E-state index contributed by atoms with van der Waals surface area (Å²) in [5.41, 5.74) is 0.715. The van der Waals surface area contributed by atoms with Crippen molar-refractivity contribution in [1.29, 1.82) is 0 Å². The maximum absolute atomic E-state index is 13.1. The first kappa shape index (κ1) is 9.64. The van der Waals surface area contributed by atoms with E-state index in [4.69, 9.17) is 0 Å². The fourth-order valence-corrected chi connectivity index (χ4v) is 0.924. The van der Waals surface area contributed by atoms with Crippen LogP contribution >= 0.6 is 0 Å². The Bertz CT molecular complexity index is 313. The summed E-state index contributed by atoms with van der Waals surface area (Å²) in [5.74, 6) is 0.118. The Morgan fingerprint density at radius 1 is 1.31 bits per heavy atom. The lowest BCUT2D eigenvalue weighted by Crippen LogP contribution is -2.13. The lowest BCUT2D eigenvalue weighted by Gasteiger charge is -2.12. The number of aryl methyl sites for hydroxylation is 2. The van der Waals surface area contributed by atoms with Gasteiger partial charge in [-0.15, -0.1) is 0 Å². The molecule has 1 rings (SSSR count). The average molecular weight is 181 g/mol. The van der Waals surface area contributed by atoms with E-state index in [0.717, 1.165) is 0 Å². The molecule has 0 N–H and O–H groups in total. The summed E-state index contributed by atoms with van der Waals surface area (Å²) in [6, 6.07) is 0. The van der Waals surface area contributed by atoms with Crippen LogP contribution in [0.3, 0.4) is 0 Å². The van der Waals surface area contributed by atoms with E-state index in [1.165, 1.54) is 0 Å². The highest BCUT2D eigenvalue weighted by molar-refractivity contribution is 5.34. The molecule has 0 amide bonds. The molecule has 0 spiro atoms. The third-order valence-corrected chi connectivity index (χ3v) is 1.76. The number of anilines is 1. The van der Waals surface area contributed by atoms with Crippen molar-refractivity contribution in [1.82, 2.24) is 9.97 Å². The van der Waals surface area contributed by atoms with Crippen LogP contribution in [0.15, 0.2) is 12.8 Å². The fourth-order valence-electron chi connectivity index (χ4n) is 0.924. The second-order valence-electron chi connectivity index (χ2n) is 2.80. The second kappa shape index (κ2) is 3.51. The molecule has 1 aromatic heterocycles. The van der Waals surface area contributed by atoms with Gasteiger partial charge < -0.3 is 4.90 Å². The number of rotatable bonds is 2. The van der Waals surface area contributed by atoms with Gasteiger partial charge in [0.2, 0.25) is 5.95 Å². The van der Waals surface area contributed by atoms with Crippen molar-refractivity contribution in [2.24, 2.45) is 0 Å². The van der Waals surface area contributed by atoms with Crippen molar-refractivity contribution in [2.75, 3.05) is 11.9 Å². The smallest absolute Gasteiger partial charge is 0.229 e. The minimum absolute atomic E-state index is 0.346. The van der Waals surface area contributed by atoms with Gasteiger partial charge in [-0.25, -0.2) is 14.4 Å². The van der Waals surface area contributed by atoms with Gasteiger partial charge in [-0.3, -0.25) is 0 Å². The van der Waals surface area contributed by atoms with Crippen LogP contribution in [0.1, 0.15) is 11.4 Å². The lowest BCUT2D eigenvalue weighted by molar-refractivity contribution is 0.589. The fraction of sp³-hybridized carbons (Fsp3) is 0.333. The molecule has 0 bridgehead atoms. The highest BCUT2D eigenvalue weighted by Crippen LogP contribution is 2.12. The van der Waals surface area contributed by atoms with Crippen molar-refractivity contribution in [3.05, 3.63) is 30.0 Å². The molecule has 0 saturated carbocycles. The van der Waals surface area contributed by atoms with Crippen molar-refractivity contribution in [3.8, 4) is 0 Å². The van der Waals surface area contributed by atoms with Crippen LogP contribution in [0, 0.1) is 19.7 Å². The van der Waals surface area contributed by atoms with Crippen molar-refractivity contribution >= 4 is 5.95 Å². The zero-order chi connectivity index (χ0) is 10.0. The first-order chi connectivity index (χ1) is 6.06. The molecule has 0 aromatic carbocycles. The molecule has 4 heteroatoms. The SMILES string of the molecule is C=CN(C)c1nc(C)c(F)c(C)n1. The minimum atomic E-state index is -0.346. The van der Waals surface area contributed by atoms with Crippen LogP contribution in [0.4, 0.5) is 10.3 Å². The summed E-state index contributed by atoms with van der Waals surface area (Å²) in [4.78, 5) is 9.58. The summed E-state index contributed by atoms with van der Waals surface area (Å²) in [5, 5.41) is 0. The van der Waals surface area contributed by atoms with Gasteiger partial charge >= 0.3 is 0 Å². The molecule has 3 nitrogen and oxygen atoms in total. The average Bonchev–Trinajstić information content (AvgIpc) is 2.12. The molecule has 1 heterocycles. The van der Waals surface area contributed by atoms with E-state index in [-0.39, 0.29) is 5.82 Å². The Morgan fingerprint density at radius 2 is 1.77 bits per heavy atom. The first-order valence-electron chi connectivity index (χ1n) is 3.92. The molecule has 0 radical (unpaired) electrons. The normalized spacial score (nSPS) is 9.85. The predicted molar refractivity (Wildman–Crippen MR) is 50.1 cm³/mol. The van der Waals surface area contributed by atoms with E-state index < -0.39 is 0 Å². The van der Waals surface area contributed by atoms with Crippen LogP contribution in [0.2, 0.25) is 0 Å². The number of hydrogen-bond acceptors (Lipinski definition) is 3. The molecule has 1 aromatic rings. The molecular formula is C9H12FN3. The van der Waals surface area contributed by atoms with Crippen molar-refractivity contribution in [3.63, 3.8) is 0 Å². The van der Waals surface area contributed by atoms with Gasteiger partial charge in [-0.05, 0) is 20.0 Å². The third-order valence-electron chi connectivity index (χ3n) is 1.76. The number of halogens is 1. The van der Waals surface area contributed by atoms with E-state index in [1.807, 2.05) is 0 Å². The van der Waals surface area contributed by atoms with Crippen LogP contribution in [-0.2, 0) is 0 Å². The number of hydrogen-bond donors (Lipinski definition) is 0. The Morgan fingerprint density at radius 3 is 2.15 bits per heavy atom. The Hall–Kier alpha value is -1.45. The summed E-state index contributed by atoms with van der Waals surface area (Å²) in [6.07, 6.45) is 1.58. The Labute approximate surface area is 76.9 Å². The van der Waals surface area contributed by atoms with E-state index in [1.54, 1.807) is 32.0 Å². The zero-order valence-corrected chi connectivity index (χ0v) is 8.00. The van der Waals surface area contributed by atoms with Gasteiger partial charge in [0.05, 0.1) is 11.4 Å². The molecule has 0 aliphatic heterocycles. The summed E-state index contributed by atoms with van der Waals surface area (Å²) in [6.45, 7) is 6.80. The van der Waals surface area contributed by atoms with E-state index in [9.17, 15) is 4.39 Å². The monoisotopic (exact) mass is 181 g/mol. The van der Waals surface area contributed by atoms with Crippen LogP contribution in [0.25, 0.3) is 0 Å². The molecule has 0 aliphatic carbocycles. The van der Waals surface area contributed by atoms with Gasteiger partial charge in [0.15, 0.2) is 5.82 Å². The van der Waals surface area contributed by atoms with Gasteiger partial charge in [-0.2, -0.15) is 0 Å². The largest absolute Gasteiger partial charge is 0.321 e. The van der Waals surface area contributed by atoms with E-state index >= 15 is 0 Å². The molecule has 0 aliphatic rings.